The normalized spacial score (nSPS) is 49.7. The molecule has 5 rings (SSSR count). The highest BCUT2D eigenvalue weighted by Crippen LogP contribution is 2.62. The second kappa shape index (κ2) is 4.05. The van der Waals surface area contributed by atoms with Crippen LogP contribution >= 0.6 is 0 Å². The number of methoxy groups -OCH3 is 1. The third kappa shape index (κ3) is 1.27. The Morgan fingerprint density at radius 2 is 2.41 bits per heavy atom. The number of ether oxygens (including phenoxy) is 2. The Kier molecular flexibility index (Phi) is 1.64. The molecule has 4 heteroatoms. The van der Waals surface area contributed by atoms with Crippen LogP contribution < -0.4 is 9.47 Å². The van der Waals surface area contributed by atoms with Crippen molar-refractivity contribution in [1.82, 2.24) is 4.90 Å². The minimum absolute atomic E-state index is 0.111. The van der Waals surface area contributed by atoms with Gasteiger partial charge in [-0.15, -0.1) is 0 Å². The summed E-state index contributed by atoms with van der Waals surface area (Å²) in [5.74, 6) is -0.837. The molecule has 1 spiro atoms. The second-order valence-electron chi connectivity index (χ2n) is 6.56. The van der Waals surface area contributed by atoms with E-state index < -0.39 is 42.0 Å². The highest BCUT2D eigenvalue weighted by Gasteiger charge is 2.65. The topological polar surface area (TPSA) is 38.8 Å². The smallest absolute Gasteiger partial charge is 0.174 e. The predicted octanol–water partition coefficient (Wildman–Crippen LogP) is 1.93. The number of likely N-dealkylation sites (N-methyl/N-ethyl adjacent to an activating group) is 1. The van der Waals surface area contributed by atoms with E-state index in [0.29, 0.717) is 29.8 Å². The zero-order valence-electron chi connectivity index (χ0n) is 17.6. The number of piperidine rings is 1. The SMILES string of the molecule is [2H]C1([2H])C[C@H]2[C@@H]3N(C)CC[C@@]24c2c(ccc(OC)c2OC4([2H])C1=O)C3([2H])[2H]. The summed E-state index contributed by atoms with van der Waals surface area (Å²) >= 11 is 0. The van der Waals surface area contributed by atoms with Crippen molar-refractivity contribution in [3.8, 4) is 11.5 Å². The Hall–Kier alpha value is -1.55. The van der Waals surface area contributed by atoms with Crippen molar-refractivity contribution in [2.45, 2.75) is 43.1 Å². The van der Waals surface area contributed by atoms with Crippen LogP contribution in [0.15, 0.2) is 12.1 Å². The number of benzene rings is 1. The number of carbonyl (C=O) groups is 1. The second-order valence-corrected chi connectivity index (χ2v) is 6.56. The van der Waals surface area contributed by atoms with Gasteiger partial charge in [-0.1, -0.05) is 6.07 Å². The standard InChI is InChI=1S/C18H21NO3/c1-19-8-7-18-11-4-5-13(20)17(18)22-16-14(21-2)6-3-10(15(16)18)9-12(11)19/h3,6,11-12,17H,4-5,7-9H2,1-2H3/t11-,12+,17?,18-/m0/s1/i5D2,9D2,17D. The van der Waals surface area contributed by atoms with Crippen LogP contribution in [0.5, 0.6) is 11.5 Å². The van der Waals surface area contributed by atoms with Gasteiger partial charge in [0.05, 0.1) is 8.48 Å². The Labute approximate surface area is 137 Å². The third-order valence-corrected chi connectivity index (χ3v) is 5.74. The van der Waals surface area contributed by atoms with Crippen molar-refractivity contribution < 1.29 is 21.1 Å². The lowest BCUT2D eigenvalue weighted by Gasteiger charge is -2.57. The molecule has 4 aliphatic rings. The van der Waals surface area contributed by atoms with Gasteiger partial charge in [0.1, 0.15) is 0 Å². The predicted molar refractivity (Wildman–Crippen MR) is 81.6 cm³/mol. The monoisotopic (exact) mass is 304 g/mol. The van der Waals surface area contributed by atoms with Crippen molar-refractivity contribution in [2.24, 2.45) is 5.92 Å². The Morgan fingerprint density at radius 1 is 1.55 bits per heavy atom. The molecule has 116 valence electrons. The molecule has 2 fully saturated rings. The summed E-state index contributed by atoms with van der Waals surface area (Å²) in [7, 11) is 3.30. The highest BCUT2D eigenvalue weighted by molar-refractivity contribution is 5.89. The Morgan fingerprint density at radius 3 is 3.23 bits per heavy atom. The first-order valence-electron chi connectivity index (χ1n) is 10.2. The third-order valence-electron chi connectivity index (χ3n) is 5.74. The van der Waals surface area contributed by atoms with E-state index in [2.05, 4.69) is 0 Å². The summed E-state index contributed by atoms with van der Waals surface area (Å²) in [6.45, 7) is 0.511. The van der Waals surface area contributed by atoms with Crippen LogP contribution in [0.4, 0.5) is 0 Å². The first kappa shape index (κ1) is 8.92. The van der Waals surface area contributed by atoms with Gasteiger partial charge in [-0.05, 0) is 50.4 Å². The number of ketones is 1. The van der Waals surface area contributed by atoms with Gasteiger partial charge in [0.15, 0.2) is 23.4 Å². The lowest BCUT2D eigenvalue weighted by molar-refractivity contribution is -0.138. The molecule has 4 atom stereocenters. The number of carbonyl (C=O) groups excluding carboxylic acids is 1. The van der Waals surface area contributed by atoms with E-state index in [9.17, 15) is 4.79 Å². The number of likely N-dealkylation sites (tertiary alicyclic amines) is 1. The zero-order valence-corrected chi connectivity index (χ0v) is 12.6. The minimum Gasteiger partial charge on any atom is -0.493 e. The van der Waals surface area contributed by atoms with Crippen LogP contribution in [-0.2, 0) is 16.6 Å². The summed E-state index contributed by atoms with van der Waals surface area (Å²) in [6.07, 6.45) is -5.78. The van der Waals surface area contributed by atoms with E-state index in [1.807, 2.05) is 11.9 Å². The van der Waals surface area contributed by atoms with Crippen LogP contribution in [-0.4, -0.2) is 43.5 Å². The largest absolute Gasteiger partial charge is 0.493 e. The fraction of sp³-hybridized carbons (Fsp3) is 0.611. The van der Waals surface area contributed by atoms with Gasteiger partial charge in [-0.25, -0.2) is 0 Å². The molecule has 1 saturated heterocycles. The molecule has 1 aromatic carbocycles. The fourth-order valence-corrected chi connectivity index (χ4v) is 4.73. The maximum atomic E-state index is 13.1. The summed E-state index contributed by atoms with van der Waals surface area (Å²) in [5.41, 5.74) is -0.0898. The van der Waals surface area contributed by atoms with Crippen molar-refractivity contribution in [1.29, 1.82) is 0 Å². The zero-order chi connectivity index (χ0) is 19.6. The molecule has 1 aromatic rings. The number of rotatable bonds is 1. The van der Waals surface area contributed by atoms with Crippen LogP contribution in [0.3, 0.4) is 0 Å². The van der Waals surface area contributed by atoms with Crippen LogP contribution in [0.1, 0.15) is 37.2 Å². The molecular weight excluding hydrogens is 278 g/mol. The lowest BCUT2D eigenvalue weighted by atomic mass is 9.52. The minimum atomic E-state index is -2.24. The highest BCUT2D eigenvalue weighted by atomic mass is 16.5. The summed E-state index contributed by atoms with van der Waals surface area (Å²) in [4.78, 5) is 15.0. The fourth-order valence-electron chi connectivity index (χ4n) is 4.73. The van der Waals surface area contributed by atoms with Crippen LogP contribution in [0, 0.1) is 5.92 Å². The number of nitrogens with zero attached hydrogens (tertiary/aromatic N) is 1. The molecule has 0 aromatic heterocycles. The number of Topliss-reactive ketones (excluding diaryl/α,β-unsaturated/α-hetero) is 1. The van der Waals surface area contributed by atoms with E-state index in [0.717, 1.165) is 0 Å². The summed E-state index contributed by atoms with van der Waals surface area (Å²) in [5, 5.41) is 0. The summed E-state index contributed by atoms with van der Waals surface area (Å²) < 4.78 is 54.7. The number of hydrogen-bond acceptors (Lipinski definition) is 4. The molecule has 0 N–H and O–H groups in total. The molecule has 22 heavy (non-hydrogen) atoms. The van der Waals surface area contributed by atoms with Gasteiger partial charge in [0.25, 0.3) is 0 Å². The van der Waals surface area contributed by atoms with Gasteiger partial charge >= 0.3 is 0 Å². The van der Waals surface area contributed by atoms with E-state index >= 15 is 0 Å². The molecule has 2 heterocycles. The van der Waals surface area contributed by atoms with E-state index in [1.165, 1.54) is 7.11 Å². The number of hydrogen-bond donors (Lipinski definition) is 0. The molecule has 2 bridgehead atoms. The molecule has 0 radical (unpaired) electrons. The van der Waals surface area contributed by atoms with Gasteiger partial charge in [-0.3, -0.25) is 4.79 Å². The average Bonchev–Trinajstić information content (AvgIpc) is 2.85. The van der Waals surface area contributed by atoms with Crippen LogP contribution in [0.25, 0.3) is 0 Å². The molecule has 0 amide bonds. The lowest BCUT2D eigenvalue weighted by Crippen LogP contribution is -2.65. The van der Waals surface area contributed by atoms with Crippen molar-refractivity contribution >= 4 is 5.78 Å². The quantitative estimate of drug-likeness (QED) is 0.795. The van der Waals surface area contributed by atoms with Crippen LogP contribution in [0.2, 0.25) is 0 Å². The summed E-state index contributed by atoms with van der Waals surface area (Å²) in [6, 6.07) is 2.65. The molecular formula is C18H21NO3. The van der Waals surface area contributed by atoms with Gasteiger partial charge in [-0.2, -0.15) is 0 Å². The van der Waals surface area contributed by atoms with E-state index in [4.69, 9.17) is 16.3 Å². The van der Waals surface area contributed by atoms with Gasteiger partial charge in [0, 0.05) is 28.9 Å². The van der Waals surface area contributed by atoms with E-state index in [1.54, 1.807) is 12.1 Å². The van der Waals surface area contributed by atoms with Crippen molar-refractivity contribution in [3.05, 3.63) is 23.3 Å². The Bertz CT molecular complexity index is 890. The first-order chi connectivity index (χ1) is 12.5. The maximum absolute atomic E-state index is 13.1. The van der Waals surface area contributed by atoms with E-state index in [-0.39, 0.29) is 12.2 Å². The molecule has 1 unspecified atom stereocenters. The molecule has 2 aliphatic carbocycles. The van der Waals surface area contributed by atoms with Gasteiger partial charge < -0.3 is 14.4 Å². The van der Waals surface area contributed by atoms with Crippen molar-refractivity contribution in [3.63, 3.8) is 0 Å². The van der Waals surface area contributed by atoms with Gasteiger partial charge in [0.2, 0.25) is 0 Å². The maximum Gasteiger partial charge on any atom is 0.174 e. The first-order valence-corrected chi connectivity index (χ1v) is 7.68. The average molecular weight is 304 g/mol. The molecule has 2 aliphatic heterocycles. The molecule has 1 saturated carbocycles. The Balaban J connectivity index is 1.92. The van der Waals surface area contributed by atoms with Crippen molar-refractivity contribution in [2.75, 3.05) is 20.7 Å². The molecule has 4 nitrogen and oxygen atoms in total.